The van der Waals surface area contributed by atoms with Gasteiger partial charge in [0.2, 0.25) is 0 Å². The summed E-state index contributed by atoms with van der Waals surface area (Å²) in [4.78, 5) is 10.1. The molecule has 2 aromatic heterocycles. The van der Waals surface area contributed by atoms with E-state index in [9.17, 15) is 0 Å². The van der Waals surface area contributed by atoms with E-state index < -0.39 is 0 Å². The number of benzene rings is 2. The van der Waals surface area contributed by atoms with Gasteiger partial charge in [0, 0.05) is 40.7 Å². The molecule has 126 valence electrons. The molecule has 0 aliphatic rings. The highest BCUT2D eigenvalue weighted by atomic mass is 32.2. The van der Waals surface area contributed by atoms with Crippen molar-refractivity contribution in [3.63, 3.8) is 0 Å². The second-order valence-electron chi connectivity index (χ2n) is 5.54. The third-order valence-corrected chi connectivity index (χ3v) is 5.65. The number of thiazole rings is 1. The predicted octanol–water partition coefficient (Wildman–Crippen LogP) is 5.33. The van der Waals surface area contributed by atoms with Crippen LogP contribution in [0.3, 0.4) is 0 Å². The zero-order chi connectivity index (χ0) is 17.1. The van der Waals surface area contributed by atoms with Gasteiger partial charge < -0.3 is 10.1 Å². The highest BCUT2D eigenvalue weighted by molar-refractivity contribution is 7.99. The highest BCUT2D eigenvalue weighted by Gasteiger charge is 2.06. The Morgan fingerprint density at radius 3 is 2.96 bits per heavy atom. The first-order chi connectivity index (χ1) is 12.3. The van der Waals surface area contributed by atoms with E-state index in [1.54, 1.807) is 30.2 Å². The summed E-state index contributed by atoms with van der Waals surface area (Å²) in [5.41, 5.74) is 5.96. The summed E-state index contributed by atoms with van der Waals surface area (Å²) >= 11 is 3.44. The standard InChI is InChI=1S/C19H17N3OS2/c1-23-8-9-24-14-3-4-16-15(11-14)17(6-7-20-16)22-13-2-5-19-18(10-13)21-12-25-19/h2-7,10-12H,8-9H2,1H3,(H,20,22). The van der Waals surface area contributed by atoms with E-state index in [1.165, 1.54) is 9.60 Å². The maximum absolute atomic E-state index is 5.13. The number of ether oxygens (including phenoxy) is 1. The van der Waals surface area contributed by atoms with Crippen molar-refractivity contribution in [2.75, 3.05) is 24.8 Å². The summed E-state index contributed by atoms with van der Waals surface area (Å²) < 4.78 is 6.33. The Kier molecular flexibility index (Phi) is 4.83. The van der Waals surface area contributed by atoms with E-state index >= 15 is 0 Å². The Hall–Kier alpha value is -2.15. The number of rotatable bonds is 6. The minimum atomic E-state index is 0.745. The molecule has 4 rings (SSSR count). The number of methoxy groups -OCH3 is 1. The van der Waals surface area contributed by atoms with Crippen LogP contribution < -0.4 is 5.32 Å². The highest BCUT2D eigenvalue weighted by Crippen LogP contribution is 2.30. The number of nitrogens with zero attached hydrogens (tertiary/aromatic N) is 2. The van der Waals surface area contributed by atoms with E-state index in [1.807, 2.05) is 17.8 Å². The Balaban J connectivity index is 1.66. The first-order valence-electron chi connectivity index (χ1n) is 7.94. The molecule has 0 saturated carbocycles. The lowest BCUT2D eigenvalue weighted by Crippen LogP contribution is -1.94. The van der Waals surface area contributed by atoms with Crippen LogP contribution >= 0.6 is 23.1 Å². The van der Waals surface area contributed by atoms with Gasteiger partial charge >= 0.3 is 0 Å². The summed E-state index contributed by atoms with van der Waals surface area (Å²) in [6.45, 7) is 0.745. The van der Waals surface area contributed by atoms with Gasteiger partial charge in [0.05, 0.1) is 27.9 Å². The van der Waals surface area contributed by atoms with Crippen LogP contribution in [0.1, 0.15) is 0 Å². The second kappa shape index (κ2) is 7.39. The SMILES string of the molecule is COCCSc1ccc2nccc(Nc3ccc4scnc4c3)c2c1. The van der Waals surface area contributed by atoms with Gasteiger partial charge in [-0.05, 0) is 42.5 Å². The van der Waals surface area contributed by atoms with Gasteiger partial charge in [0.15, 0.2) is 0 Å². The van der Waals surface area contributed by atoms with Crippen LogP contribution in [0.2, 0.25) is 0 Å². The lowest BCUT2D eigenvalue weighted by Gasteiger charge is -2.11. The molecule has 0 fully saturated rings. The van der Waals surface area contributed by atoms with Crippen molar-refractivity contribution in [1.29, 1.82) is 0 Å². The number of aromatic nitrogens is 2. The molecular formula is C19H17N3OS2. The smallest absolute Gasteiger partial charge is 0.0832 e. The molecule has 6 heteroatoms. The normalized spacial score (nSPS) is 11.2. The quantitative estimate of drug-likeness (QED) is 0.369. The van der Waals surface area contributed by atoms with Crippen LogP contribution in [-0.4, -0.2) is 29.4 Å². The number of hydrogen-bond acceptors (Lipinski definition) is 6. The van der Waals surface area contributed by atoms with Crippen molar-refractivity contribution < 1.29 is 4.74 Å². The van der Waals surface area contributed by atoms with Gasteiger partial charge in [-0.2, -0.15) is 0 Å². The van der Waals surface area contributed by atoms with Crippen molar-refractivity contribution in [2.45, 2.75) is 4.90 Å². The van der Waals surface area contributed by atoms with Crippen molar-refractivity contribution in [2.24, 2.45) is 0 Å². The monoisotopic (exact) mass is 367 g/mol. The second-order valence-corrected chi connectivity index (χ2v) is 7.59. The number of anilines is 2. The average Bonchev–Trinajstić information content (AvgIpc) is 3.10. The summed E-state index contributed by atoms with van der Waals surface area (Å²) in [7, 11) is 1.73. The van der Waals surface area contributed by atoms with Gasteiger partial charge in [-0.1, -0.05) is 0 Å². The van der Waals surface area contributed by atoms with Crippen molar-refractivity contribution in [3.8, 4) is 0 Å². The van der Waals surface area contributed by atoms with Gasteiger partial charge in [-0.15, -0.1) is 23.1 Å². The summed E-state index contributed by atoms with van der Waals surface area (Å²) in [6, 6.07) is 14.6. The third kappa shape index (κ3) is 3.61. The molecule has 2 heterocycles. The Morgan fingerprint density at radius 2 is 2.04 bits per heavy atom. The van der Waals surface area contributed by atoms with Gasteiger partial charge in [-0.25, -0.2) is 4.98 Å². The molecular weight excluding hydrogens is 350 g/mol. The molecule has 4 nitrogen and oxygen atoms in total. The van der Waals surface area contributed by atoms with Crippen LogP contribution in [-0.2, 0) is 4.74 Å². The fraction of sp³-hybridized carbons (Fsp3) is 0.158. The topological polar surface area (TPSA) is 47.0 Å². The van der Waals surface area contributed by atoms with E-state index in [-0.39, 0.29) is 0 Å². The van der Waals surface area contributed by atoms with E-state index in [0.29, 0.717) is 0 Å². The molecule has 0 saturated heterocycles. The van der Waals surface area contributed by atoms with Gasteiger partial charge in [-0.3, -0.25) is 4.98 Å². The minimum absolute atomic E-state index is 0.745. The van der Waals surface area contributed by atoms with Crippen LogP contribution in [0.25, 0.3) is 21.1 Å². The maximum atomic E-state index is 5.13. The van der Waals surface area contributed by atoms with Crippen LogP contribution in [0.5, 0.6) is 0 Å². The van der Waals surface area contributed by atoms with Crippen molar-refractivity contribution in [3.05, 3.63) is 54.2 Å². The number of thioether (sulfide) groups is 1. The molecule has 0 unspecified atom stereocenters. The largest absolute Gasteiger partial charge is 0.384 e. The van der Waals surface area contributed by atoms with E-state index in [0.717, 1.165) is 40.2 Å². The lowest BCUT2D eigenvalue weighted by molar-refractivity contribution is 0.218. The molecule has 0 amide bonds. The summed E-state index contributed by atoms with van der Waals surface area (Å²) in [5, 5.41) is 4.63. The predicted molar refractivity (Wildman–Crippen MR) is 107 cm³/mol. The molecule has 0 aliphatic heterocycles. The van der Waals surface area contributed by atoms with Crippen LogP contribution in [0.4, 0.5) is 11.4 Å². The Bertz CT molecular complexity index is 1020. The van der Waals surface area contributed by atoms with E-state index in [2.05, 4.69) is 51.7 Å². The van der Waals surface area contributed by atoms with Crippen LogP contribution in [0.15, 0.2) is 59.1 Å². The van der Waals surface area contributed by atoms with Crippen LogP contribution in [0, 0.1) is 0 Å². The first-order valence-corrected chi connectivity index (χ1v) is 9.81. The Labute approximate surface area is 154 Å². The third-order valence-electron chi connectivity index (χ3n) is 3.88. The molecule has 2 aromatic carbocycles. The number of fused-ring (bicyclic) bond motifs is 2. The van der Waals surface area contributed by atoms with Crippen molar-refractivity contribution >= 4 is 55.6 Å². The average molecular weight is 367 g/mol. The fourth-order valence-corrected chi connectivity index (χ4v) is 4.17. The molecule has 4 aromatic rings. The van der Waals surface area contributed by atoms with Crippen molar-refractivity contribution in [1.82, 2.24) is 9.97 Å². The molecule has 25 heavy (non-hydrogen) atoms. The molecule has 0 bridgehead atoms. The molecule has 1 N–H and O–H groups in total. The summed E-state index contributed by atoms with van der Waals surface area (Å²) in [6.07, 6.45) is 1.84. The Morgan fingerprint density at radius 1 is 1.08 bits per heavy atom. The zero-order valence-corrected chi connectivity index (χ0v) is 15.4. The first kappa shape index (κ1) is 16.3. The summed E-state index contributed by atoms with van der Waals surface area (Å²) in [5.74, 6) is 0.936. The molecule has 0 spiro atoms. The maximum Gasteiger partial charge on any atom is 0.0832 e. The molecule has 0 radical (unpaired) electrons. The lowest BCUT2D eigenvalue weighted by atomic mass is 10.2. The number of hydrogen-bond donors (Lipinski definition) is 1. The zero-order valence-electron chi connectivity index (χ0n) is 13.7. The number of nitrogens with one attached hydrogen (secondary N) is 1. The number of pyridine rings is 1. The fourth-order valence-electron chi connectivity index (χ4n) is 2.66. The van der Waals surface area contributed by atoms with E-state index in [4.69, 9.17) is 4.74 Å². The molecule has 0 atom stereocenters. The van der Waals surface area contributed by atoms with Gasteiger partial charge in [0.1, 0.15) is 0 Å². The van der Waals surface area contributed by atoms with Gasteiger partial charge in [0.25, 0.3) is 0 Å². The molecule has 0 aliphatic carbocycles. The minimum Gasteiger partial charge on any atom is -0.384 e.